The van der Waals surface area contributed by atoms with Gasteiger partial charge in [-0.2, -0.15) is 0 Å². The molecule has 1 fully saturated rings. The molecule has 0 aliphatic carbocycles. The third-order valence-electron chi connectivity index (χ3n) is 4.03. The first-order valence-corrected chi connectivity index (χ1v) is 7.67. The van der Waals surface area contributed by atoms with Crippen molar-refractivity contribution >= 4 is 11.8 Å². The van der Waals surface area contributed by atoms with Crippen LogP contribution in [0.1, 0.15) is 15.9 Å². The Kier molecular flexibility index (Phi) is 4.83. The van der Waals surface area contributed by atoms with E-state index in [1.807, 2.05) is 24.3 Å². The van der Waals surface area contributed by atoms with Crippen LogP contribution in [-0.2, 0) is 11.3 Å². The summed E-state index contributed by atoms with van der Waals surface area (Å²) < 4.78 is 4.71. The number of hydrogen-bond acceptors (Lipinski definition) is 6. The predicted octanol–water partition coefficient (Wildman–Crippen LogP) is 1.59. The highest BCUT2D eigenvalue weighted by Gasteiger charge is 2.18. The number of esters is 1. The van der Waals surface area contributed by atoms with Crippen LogP contribution >= 0.6 is 0 Å². The zero-order chi connectivity index (χ0) is 16.1. The molecule has 0 bridgehead atoms. The number of carbonyl (C=O) groups excluding carboxylic acids is 1. The predicted molar refractivity (Wildman–Crippen MR) is 87.3 cm³/mol. The average molecular weight is 312 g/mol. The number of carbonyl (C=O) groups is 1. The molecule has 1 aliphatic rings. The van der Waals surface area contributed by atoms with E-state index in [1.54, 1.807) is 18.6 Å². The maximum Gasteiger partial charge on any atom is 0.337 e. The van der Waals surface area contributed by atoms with E-state index in [1.165, 1.54) is 12.7 Å². The van der Waals surface area contributed by atoms with Gasteiger partial charge in [0.15, 0.2) is 0 Å². The molecule has 2 heterocycles. The molecule has 1 aliphatic heterocycles. The normalized spacial score (nSPS) is 15.4. The zero-order valence-electron chi connectivity index (χ0n) is 13.2. The summed E-state index contributed by atoms with van der Waals surface area (Å²) in [5.41, 5.74) is 1.79. The Morgan fingerprint density at radius 1 is 1.13 bits per heavy atom. The van der Waals surface area contributed by atoms with Gasteiger partial charge in [0, 0.05) is 45.1 Å². The Morgan fingerprint density at radius 3 is 2.48 bits per heavy atom. The van der Waals surface area contributed by atoms with Gasteiger partial charge in [-0.25, -0.2) is 9.78 Å². The average Bonchev–Trinajstić information content (AvgIpc) is 2.63. The van der Waals surface area contributed by atoms with Gasteiger partial charge in [0.2, 0.25) is 0 Å². The Labute approximate surface area is 135 Å². The molecule has 0 amide bonds. The van der Waals surface area contributed by atoms with Crippen molar-refractivity contribution in [2.24, 2.45) is 0 Å². The van der Waals surface area contributed by atoms with Crippen molar-refractivity contribution < 1.29 is 9.53 Å². The fourth-order valence-corrected chi connectivity index (χ4v) is 2.71. The molecule has 120 valence electrons. The number of benzene rings is 1. The molecule has 6 nitrogen and oxygen atoms in total. The number of nitrogens with zero attached hydrogens (tertiary/aromatic N) is 4. The largest absolute Gasteiger partial charge is 0.465 e. The summed E-state index contributed by atoms with van der Waals surface area (Å²) in [4.78, 5) is 24.6. The van der Waals surface area contributed by atoms with Crippen LogP contribution in [0.3, 0.4) is 0 Å². The van der Waals surface area contributed by atoms with Gasteiger partial charge in [0.1, 0.15) is 5.82 Å². The van der Waals surface area contributed by atoms with Crippen molar-refractivity contribution in [1.82, 2.24) is 14.9 Å². The van der Waals surface area contributed by atoms with Gasteiger partial charge in [0.25, 0.3) is 0 Å². The van der Waals surface area contributed by atoms with Crippen LogP contribution in [0.25, 0.3) is 0 Å². The lowest BCUT2D eigenvalue weighted by Crippen LogP contribution is -2.46. The van der Waals surface area contributed by atoms with Crippen molar-refractivity contribution in [2.45, 2.75) is 6.54 Å². The third kappa shape index (κ3) is 3.84. The van der Waals surface area contributed by atoms with Crippen molar-refractivity contribution in [2.75, 3.05) is 38.2 Å². The molecular weight excluding hydrogens is 292 g/mol. The molecule has 0 atom stereocenters. The second-order valence-corrected chi connectivity index (χ2v) is 5.52. The van der Waals surface area contributed by atoms with Crippen LogP contribution in [0.2, 0.25) is 0 Å². The number of piperazine rings is 1. The number of aromatic nitrogens is 2. The van der Waals surface area contributed by atoms with E-state index >= 15 is 0 Å². The minimum atomic E-state index is -0.297. The molecule has 3 rings (SSSR count). The monoisotopic (exact) mass is 312 g/mol. The molecule has 1 aromatic heterocycles. The summed E-state index contributed by atoms with van der Waals surface area (Å²) in [6.07, 6.45) is 5.23. The quantitative estimate of drug-likeness (QED) is 0.799. The minimum absolute atomic E-state index is 0.297. The summed E-state index contributed by atoms with van der Waals surface area (Å²) in [5, 5.41) is 0. The fourth-order valence-electron chi connectivity index (χ4n) is 2.71. The number of hydrogen-bond donors (Lipinski definition) is 0. The molecule has 0 spiro atoms. The maximum absolute atomic E-state index is 11.4. The Hall–Kier alpha value is -2.47. The lowest BCUT2D eigenvalue weighted by Gasteiger charge is -2.35. The Morgan fingerprint density at radius 2 is 1.87 bits per heavy atom. The van der Waals surface area contributed by atoms with Crippen molar-refractivity contribution in [1.29, 1.82) is 0 Å². The van der Waals surface area contributed by atoms with Crippen LogP contribution in [0, 0.1) is 0 Å². The molecular formula is C17H20N4O2. The van der Waals surface area contributed by atoms with Gasteiger partial charge in [-0.15, -0.1) is 0 Å². The molecule has 0 N–H and O–H groups in total. The molecule has 23 heavy (non-hydrogen) atoms. The van der Waals surface area contributed by atoms with E-state index in [0.717, 1.165) is 38.5 Å². The summed E-state index contributed by atoms with van der Waals surface area (Å²) in [5.74, 6) is 0.642. The third-order valence-corrected chi connectivity index (χ3v) is 4.03. The number of ether oxygens (including phenoxy) is 1. The molecule has 0 saturated carbocycles. The van der Waals surface area contributed by atoms with Crippen LogP contribution in [0.15, 0.2) is 42.9 Å². The summed E-state index contributed by atoms with van der Waals surface area (Å²) >= 11 is 0. The first-order chi connectivity index (χ1) is 11.3. The number of rotatable bonds is 4. The van der Waals surface area contributed by atoms with Gasteiger partial charge >= 0.3 is 5.97 Å². The first kappa shape index (κ1) is 15.4. The van der Waals surface area contributed by atoms with Crippen LogP contribution in [0.4, 0.5) is 5.82 Å². The van der Waals surface area contributed by atoms with Crippen molar-refractivity contribution in [3.8, 4) is 0 Å². The highest BCUT2D eigenvalue weighted by atomic mass is 16.5. The zero-order valence-corrected chi connectivity index (χ0v) is 13.2. The van der Waals surface area contributed by atoms with Crippen molar-refractivity contribution in [3.63, 3.8) is 0 Å². The van der Waals surface area contributed by atoms with Gasteiger partial charge < -0.3 is 9.64 Å². The molecule has 0 unspecified atom stereocenters. The Balaban J connectivity index is 1.53. The van der Waals surface area contributed by atoms with Crippen LogP contribution in [-0.4, -0.2) is 54.1 Å². The first-order valence-electron chi connectivity index (χ1n) is 7.67. The molecule has 0 radical (unpaired) electrons. The van der Waals surface area contributed by atoms with E-state index in [9.17, 15) is 4.79 Å². The molecule has 6 heteroatoms. The second kappa shape index (κ2) is 7.19. The lowest BCUT2D eigenvalue weighted by molar-refractivity contribution is 0.0600. The molecule has 1 aromatic carbocycles. The highest BCUT2D eigenvalue weighted by molar-refractivity contribution is 5.89. The summed E-state index contributed by atoms with van der Waals surface area (Å²) in [6, 6.07) is 7.61. The van der Waals surface area contributed by atoms with E-state index in [2.05, 4.69) is 19.8 Å². The summed E-state index contributed by atoms with van der Waals surface area (Å²) in [6.45, 7) is 4.73. The maximum atomic E-state index is 11.4. The topological polar surface area (TPSA) is 58.6 Å². The lowest BCUT2D eigenvalue weighted by atomic mass is 10.1. The summed E-state index contributed by atoms with van der Waals surface area (Å²) in [7, 11) is 1.40. The number of methoxy groups -OCH3 is 1. The van der Waals surface area contributed by atoms with Crippen molar-refractivity contribution in [3.05, 3.63) is 54.0 Å². The van der Waals surface area contributed by atoms with Crippen LogP contribution in [0.5, 0.6) is 0 Å². The van der Waals surface area contributed by atoms with Gasteiger partial charge in [-0.05, 0) is 17.7 Å². The minimum Gasteiger partial charge on any atom is -0.465 e. The highest BCUT2D eigenvalue weighted by Crippen LogP contribution is 2.14. The number of anilines is 1. The van der Waals surface area contributed by atoms with E-state index < -0.39 is 0 Å². The van der Waals surface area contributed by atoms with E-state index in [4.69, 9.17) is 4.74 Å². The van der Waals surface area contributed by atoms with E-state index in [-0.39, 0.29) is 5.97 Å². The SMILES string of the molecule is COC(=O)c1ccc(CN2CCN(c3cnccn3)CC2)cc1. The standard InChI is InChI=1S/C17H20N4O2/c1-23-17(22)15-4-2-14(3-5-15)13-20-8-10-21(11-9-20)16-12-18-6-7-19-16/h2-7,12H,8-11,13H2,1H3. The van der Waals surface area contributed by atoms with Gasteiger partial charge in [-0.1, -0.05) is 12.1 Å². The van der Waals surface area contributed by atoms with Crippen LogP contribution < -0.4 is 4.90 Å². The van der Waals surface area contributed by atoms with E-state index in [0.29, 0.717) is 5.56 Å². The molecule has 1 saturated heterocycles. The second-order valence-electron chi connectivity index (χ2n) is 5.52. The molecule has 2 aromatic rings. The smallest absolute Gasteiger partial charge is 0.337 e. The van der Waals surface area contributed by atoms with Gasteiger partial charge in [0.05, 0.1) is 18.9 Å². The fraction of sp³-hybridized carbons (Fsp3) is 0.353. The Bertz CT molecular complexity index is 637. The van der Waals surface area contributed by atoms with Gasteiger partial charge in [-0.3, -0.25) is 9.88 Å².